The number of hydrogen-bond donors (Lipinski definition) is 1. The van der Waals surface area contributed by atoms with E-state index < -0.39 is 0 Å². The first kappa shape index (κ1) is 20.8. The van der Waals surface area contributed by atoms with E-state index >= 15 is 0 Å². The van der Waals surface area contributed by atoms with Gasteiger partial charge >= 0.3 is 0 Å². The zero-order chi connectivity index (χ0) is 21.8. The minimum Gasteiger partial charge on any atom is -0.496 e. The van der Waals surface area contributed by atoms with Gasteiger partial charge in [-0.25, -0.2) is 0 Å². The van der Waals surface area contributed by atoms with Crippen molar-refractivity contribution in [3.8, 4) is 17.0 Å². The molecule has 0 aliphatic carbocycles. The monoisotopic (exact) mass is 416 g/mol. The van der Waals surface area contributed by atoms with Gasteiger partial charge in [-0.15, -0.1) is 10.2 Å². The number of piperidine rings is 1. The molecule has 31 heavy (non-hydrogen) atoms. The molecular formula is C25H28N4O2. The van der Waals surface area contributed by atoms with Crippen molar-refractivity contribution in [3.05, 3.63) is 65.7 Å². The summed E-state index contributed by atoms with van der Waals surface area (Å²) in [7, 11) is 1.65. The predicted molar refractivity (Wildman–Crippen MR) is 124 cm³/mol. The Balaban J connectivity index is 1.44. The van der Waals surface area contributed by atoms with E-state index in [2.05, 4.69) is 34.3 Å². The molecule has 1 fully saturated rings. The third-order valence-electron chi connectivity index (χ3n) is 5.92. The fourth-order valence-corrected chi connectivity index (χ4v) is 3.96. The number of benzene rings is 2. The highest BCUT2D eigenvalue weighted by Gasteiger charge is 2.27. The van der Waals surface area contributed by atoms with E-state index in [1.165, 1.54) is 11.1 Å². The van der Waals surface area contributed by atoms with Crippen molar-refractivity contribution in [2.75, 3.05) is 30.4 Å². The first-order valence-corrected chi connectivity index (χ1v) is 10.7. The minimum absolute atomic E-state index is 0.0616. The summed E-state index contributed by atoms with van der Waals surface area (Å²) in [6.45, 7) is 5.64. The Morgan fingerprint density at radius 1 is 1.06 bits per heavy atom. The molecule has 0 radical (unpaired) electrons. The van der Waals surface area contributed by atoms with Gasteiger partial charge in [-0.1, -0.05) is 18.2 Å². The van der Waals surface area contributed by atoms with E-state index in [0.717, 1.165) is 47.9 Å². The molecular weight excluding hydrogens is 388 g/mol. The van der Waals surface area contributed by atoms with Gasteiger partial charge in [0.25, 0.3) is 0 Å². The second-order valence-corrected chi connectivity index (χ2v) is 8.05. The van der Waals surface area contributed by atoms with Crippen molar-refractivity contribution < 1.29 is 9.53 Å². The molecule has 2 heterocycles. The second kappa shape index (κ2) is 9.16. The van der Waals surface area contributed by atoms with Gasteiger partial charge in [0.15, 0.2) is 5.82 Å². The Morgan fingerprint density at radius 3 is 2.65 bits per heavy atom. The van der Waals surface area contributed by atoms with Crippen molar-refractivity contribution in [1.82, 2.24) is 10.2 Å². The Bertz CT molecular complexity index is 1070. The van der Waals surface area contributed by atoms with Crippen LogP contribution in [0.15, 0.2) is 54.6 Å². The number of carbonyl (C=O) groups is 1. The van der Waals surface area contributed by atoms with E-state index in [0.29, 0.717) is 6.54 Å². The Labute approximate surface area is 183 Å². The third-order valence-corrected chi connectivity index (χ3v) is 5.92. The first-order chi connectivity index (χ1) is 15.0. The maximum absolute atomic E-state index is 12.9. The molecule has 3 aromatic rings. The molecule has 1 unspecified atom stereocenters. The molecule has 1 aromatic heterocycles. The van der Waals surface area contributed by atoms with Gasteiger partial charge in [0, 0.05) is 24.3 Å². The van der Waals surface area contributed by atoms with Gasteiger partial charge in [-0.2, -0.15) is 0 Å². The van der Waals surface area contributed by atoms with Crippen molar-refractivity contribution in [2.45, 2.75) is 26.7 Å². The number of methoxy groups -OCH3 is 1. The van der Waals surface area contributed by atoms with Gasteiger partial charge in [0.1, 0.15) is 5.75 Å². The largest absolute Gasteiger partial charge is 0.496 e. The average molecular weight is 417 g/mol. The van der Waals surface area contributed by atoms with Crippen LogP contribution in [-0.2, 0) is 4.79 Å². The first-order valence-electron chi connectivity index (χ1n) is 10.7. The fraction of sp³-hybridized carbons (Fsp3) is 0.320. The van der Waals surface area contributed by atoms with Gasteiger partial charge in [-0.3, -0.25) is 4.79 Å². The quantitative estimate of drug-likeness (QED) is 0.657. The number of carbonyl (C=O) groups excluding carboxylic acids is 1. The second-order valence-electron chi connectivity index (χ2n) is 8.05. The molecule has 6 heteroatoms. The van der Waals surface area contributed by atoms with E-state index in [4.69, 9.17) is 4.74 Å². The van der Waals surface area contributed by atoms with Crippen molar-refractivity contribution in [1.29, 1.82) is 0 Å². The standard InChI is InChI=1S/C25H28N4O2/c1-17-10-11-20(15-18(17)2)26-25(30)19-7-6-14-29(16-19)24-13-12-22(27-28-24)21-8-4-5-9-23(21)31-3/h4-5,8-13,15,19H,6-7,14,16H2,1-3H3,(H,26,30). The van der Waals surface area contributed by atoms with Crippen LogP contribution in [0.4, 0.5) is 11.5 Å². The molecule has 2 aromatic carbocycles. The number of hydrogen-bond acceptors (Lipinski definition) is 5. The van der Waals surface area contributed by atoms with Crippen LogP contribution in [0, 0.1) is 19.8 Å². The number of ether oxygens (including phenoxy) is 1. The number of nitrogens with zero attached hydrogens (tertiary/aromatic N) is 3. The summed E-state index contributed by atoms with van der Waals surface area (Å²) in [5, 5.41) is 11.9. The number of rotatable bonds is 5. The summed E-state index contributed by atoms with van der Waals surface area (Å²) < 4.78 is 5.43. The molecule has 1 N–H and O–H groups in total. The lowest BCUT2D eigenvalue weighted by molar-refractivity contribution is -0.120. The van der Waals surface area contributed by atoms with Crippen molar-refractivity contribution in [2.24, 2.45) is 5.92 Å². The highest BCUT2D eigenvalue weighted by molar-refractivity contribution is 5.93. The summed E-state index contributed by atoms with van der Waals surface area (Å²) >= 11 is 0. The molecule has 4 rings (SSSR count). The van der Waals surface area contributed by atoms with Crippen molar-refractivity contribution in [3.63, 3.8) is 0 Å². The molecule has 1 atom stereocenters. The Morgan fingerprint density at radius 2 is 1.90 bits per heavy atom. The van der Waals surface area contributed by atoms with Crippen LogP contribution in [0.5, 0.6) is 5.75 Å². The third kappa shape index (κ3) is 4.68. The SMILES string of the molecule is COc1ccccc1-c1ccc(N2CCCC(C(=O)Nc3ccc(C)c(C)c3)C2)nn1. The lowest BCUT2D eigenvalue weighted by atomic mass is 9.97. The summed E-state index contributed by atoms with van der Waals surface area (Å²) in [5.74, 6) is 1.55. The van der Waals surface area contributed by atoms with E-state index in [9.17, 15) is 4.79 Å². The predicted octanol–water partition coefficient (Wildman–Crippen LogP) is 4.62. The van der Waals surface area contributed by atoms with E-state index in [1.807, 2.05) is 54.6 Å². The highest BCUT2D eigenvalue weighted by atomic mass is 16.5. The minimum atomic E-state index is -0.0777. The van der Waals surface area contributed by atoms with Crippen LogP contribution in [0.25, 0.3) is 11.3 Å². The van der Waals surface area contributed by atoms with Crippen LogP contribution in [0.2, 0.25) is 0 Å². The van der Waals surface area contributed by atoms with Crippen molar-refractivity contribution >= 4 is 17.4 Å². The van der Waals surface area contributed by atoms with Crippen LogP contribution in [0.1, 0.15) is 24.0 Å². The van der Waals surface area contributed by atoms with E-state index in [1.54, 1.807) is 7.11 Å². The number of aromatic nitrogens is 2. The van der Waals surface area contributed by atoms with E-state index in [-0.39, 0.29) is 11.8 Å². The maximum atomic E-state index is 12.9. The van der Waals surface area contributed by atoms with Gasteiger partial charge in [0.2, 0.25) is 5.91 Å². The Hall–Kier alpha value is -3.41. The molecule has 1 saturated heterocycles. The summed E-state index contributed by atoms with van der Waals surface area (Å²) in [5.41, 5.74) is 4.92. The molecule has 1 amide bonds. The zero-order valence-electron chi connectivity index (χ0n) is 18.3. The van der Waals surface area contributed by atoms with Gasteiger partial charge in [0.05, 0.1) is 18.7 Å². The number of amides is 1. The van der Waals surface area contributed by atoms with Crippen LogP contribution in [-0.4, -0.2) is 36.3 Å². The topological polar surface area (TPSA) is 67.3 Å². The molecule has 1 aliphatic rings. The summed E-state index contributed by atoms with van der Waals surface area (Å²) in [4.78, 5) is 15.0. The molecule has 160 valence electrons. The number of aryl methyl sites for hydroxylation is 2. The van der Waals surface area contributed by atoms with Gasteiger partial charge < -0.3 is 15.0 Å². The fourth-order valence-electron chi connectivity index (χ4n) is 3.96. The number of anilines is 2. The molecule has 0 spiro atoms. The lowest BCUT2D eigenvalue weighted by Crippen LogP contribution is -2.41. The zero-order valence-corrected chi connectivity index (χ0v) is 18.3. The van der Waals surface area contributed by atoms with Gasteiger partial charge in [-0.05, 0) is 74.2 Å². The maximum Gasteiger partial charge on any atom is 0.229 e. The summed E-state index contributed by atoms with van der Waals surface area (Å²) in [6.07, 6.45) is 1.82. The average Bonchev–Trinajstić information content (AvgIpc) is 2.81. The van der Waals surface area contributed by atoms with Crippen LogP contribution < -0.4 is 15.0 Å². The van der Waals surface area contributed by atoms with Crippen LogP contribution >= 0.6 is 0 Å². The Kier molecular flexibility index (Phi) is 6.16. The van der Waals surface area contributed by atoms with Crippen LogP contribution in [0.3, 0.4) is 0 Å². The lowest BCUT2D eigenvalue weighted by Gasteiger charge is -2.32. The molecule has 0 saturated carbocycles. The molecule has 0 bridgehead atoms. The summed E-state index contributed by atoms with van der Waals surface area (Å²) in [6, 6.07) is 17.7. The molecule has 6 nitrogen and oxygen atoms in total. The normalized spacial score (nSPS) is 16.1. The highest BCUT2D eigenvalue weighted by Crippen LogP contribution is 2.29. The molecule has 1 aliphatic heterocycles. The number of nitrogens with one attached hydrogen (secondary N) is 1. The smallest absolute Gasteiger partial charge is 0.229 e. The number of para-hydroxylation sites is 1.